The van der Waals surface area contributed by atoms with Crippen LogP contribution in [0.4, 0.5) is 0 Å². The minimum atomic E-state index is -0.546. The third kappa shape index (κ3) is 8.18. The van der Waals surface area contributed by atoms with Crippen molar-refractivity contribution in [1.29, 1.82) is 0 Å². The molecule has 0 saturated heterocycles. The first-order valence-corrected chi connectivity index (χ1v) is 14.2. The molecule has 4 rings (SSSR count). The van der Waals surface area contributed by atoms with Crippen LogP contribution in [0.15, 0.2) is 121 Å². The molecule has 0 fully saturated rings. The van der Waals surface area contributed by atoms with Crippen molar-refractivity contribution in [3.8, 4) is 0 Å². The molecule has 0 radical (unpaired) electrons. The molecule has 31 heavy (non-hydrogen) atoms. The van der Waals surface area contributed by atoms with E-state index in [-0.39, 0.29) is 20.3 Å². The summed E-state index contributed by atoms with van der Waals surface area (Å²) in [4.78, 5) is 0. The van der Waals surface area contributed by atoms with Gasteiger partial charge in [-0.05, 0) is 24.7 Å². The van der Waals surface area contributed by atoms with E-state index in [0.29, 0.717) is 0 Å². The second-order valence-corrected chi connectivity index (χ2v) is 11.9. The normalized spacial score (nSPS) is 10.2. The zero-order valence-electron chi connectivity index (χ0n) is 17.5. The molecule has 0 heterocycles. The molecule has 0 amide bonds. The average Bonchev–Trinajstić information content (AvgIpc) is 2.85. The van der Waals surface area contributed by atoms with Crippen LogP contribution < -0.4 is 33.6 Å². The van der Waals surface area contributed by atoms with Crippen LogP contribution in [-0.2, 0) is 15.0 Å². The fourth-order valence-corrected chi connectivity index (χ4v) is 7.43. The van der Waals surface area contributed by atoms with E-state index in [1.165, 1.54) is 33.8 Å². The summed E-state index contributed by atoms with van der Waals surface area (Å²) in [5.41, 5.74) is 0. The Labute approximate surface area is 203 Å². The van der Waals surface area contributed by atoms with Crippen molar-refractivity contribution in [3.63, 3.8) is 0 Å². The molecule has 0 spiro atoms. The fourth-order valence-electron chi connectivity index (χ4n) is 3.10. The maximum absolute atomic E-state index is 5.21. The van der Waals surface area contributed by atoms with Crippen LogP contribution in [0.5, 0.6) is 0 Å². The predicted molar refractivity (Wildman–Crippen MR) is 133 cm³/mol. The molecule has 4 aromatic carbocycles. The van der Waals surface area contributed by atoms with Crippen molar-refractivity contribution in [2.45, 2.75) is 13.3 Å². The van der Waals surface area contributed by atoms with Gasteiger partial charge in [0.2, 0.25) is 0 Å². The molecule has 0 atom stereocenters. The number of benzene rings is 4. The minimum absolute atomic E-state index is 0. The van der Waals surface area contributed by atoms with Crippen molar-refractivity contribution < 1.29 is 27.4 Å². The predicted octanol–water partition coefficient (Wildman–Crippen LogP) is 3.11. The van der Waals surface area contributed by atoms with E-state index in [9.17, 15) is 0 Å². The first-order chi connectivity index (χ1) is 14.8. The SMILES string of the molecule is CCCP(c1ccccc1)c1ccccc1.[Cl-].[Ni+][P](c1ccccc1)c1ccccc1. The molecule has 0 aliphatic rings. The van der Waals surface area contributed by atoms with Crippen LogP contribution in [0.3, 0.4) is 0 Å². The number of hydrogen-bond donors (Lipinski definition) is 0. The summed E-state index contributed by atoms with van der Waals surface area (Å²) in [5, 5.41) is 5.53. The van der Waals surface area contributed by atoms with E-state index in [1.54, 1.807) is 0 Å². The van der Waals surface area contributed by atoms with Gasteiger partial charge in [-0.1, -0.05) is 74.0 Å². The van der Waals surface area contributed by atoms with E-state index < -0.39 is 6.70 Å². The van der Waals surface area contributed by atoms with Crippen LogP contribution in [0.25, 0.3) is 0 Å². The van der Waals surface area contributed by atoms with Gasteiger partial charge in [-0.25, -0.2) is 0 Å². The van der Waals surface area contributed by atoms with Gasteiger partial charge < -0.3 is 12.4 Å². The van der Waals surface area contributed by atoms with E-state index in [0.717, 1.165) is 0 Å². The van der Waals surface area contributed by atoms with Gasteiger partial charge in [-0.2, -0.15) is 0 Å². The van der Waals surface area contributed by atoms with Crippen molar-refractivity contribution >= 4 is 35.8 Å². The molecule has 0 nitrogen and oxygen atoms in total. The first kappa shape index (κ1) is 25.8. The first-order valence-electron chi connectivity index (χ1n) is 10.2. The molecule has 0 bridgehead atoms. The van der Waals surface area contributed by atoms with Crippen LogP contribution in [0.1, 0.15) is 13.3 Å². The van der Waals surface area contributed by atoms with E-state index in [4.69, 9.17) is 15.0 Å². The Kier molecular flexibility index (Phi) is 12.1. The monoisotopic (exact) mass is 506 g/mol. The van der Waals surface area contributed by atoms with Gasteiger partial charge in [0.25, 0.3) is 0 Å². The van der Waals surface area contributed by atoms with Gasteiger partial charge in [-0.3, -0.25) is 0 Å². The number of hydrogen-bond acceptors (Lipinski definition) is 0. The molecule has 0 aromatic heterocycles. The third-order valence-corrected chi connectivity index (χ3v) is 10.2. The Morgan fingerprint density at radius 2 is 0.806 bits per heavy atom. The fraction of sp³-hybridized carbons (Fsp3) is 0.111. The van der Waals surface area contributed by atoms with Crippen molar-refractivity contribution in [2.24, 2.45) is 0 Å². The second-order valence-electron chi connectivity index (χ2n) is 6.75. The molecular formula is C27H27ClNiP2. The van der Waals surface area contributed by atoms with Crippen molar-refractivity contribution in [1.82, 2.24) is 0 Å². The van der Waals surface area contributed by atoms with Gasteiger partial charge in [-0.15, -0.1) is 0 Å². The second kappa shape index (κ2) is 14.6. The van der Waals surface area contributed by atoms with Crippen molar-refractivity contribution in [2.75, 3.05) is 6.16 Å². The molecule has 4 heteroatoms. The molecule has 0 aliphatic heterocycles. The van der Waals surface area contributed by atoms with E-state index in [2.05, 4.69) is 91.9 Å². The van der Waals surface area contributed by atoms with Gasteiger partial charge in [0.15, 0.2) is 0 Å². The molecule has 0 N–H and O–H groups in total. The summed E-state index contributed by atoms with van der Waals surface area (Å²) in [5.74, 6) is 0. The van der Waals surface area contributed by atoms with Crippen LogP contribution in [0.2, 0.25) is 0 Å². The quantitative estimate of drug-likeness (QED) is 0.278. The van der Waals surface area contributed by atoms with Crippen LogP contribution in [-0.4, -0.2) is 6.16 Å². The Bertz CT molecular complexity index is 888. The number of rotatable bonds is 6. The molecule has 162 valence electrons. The average molecular weight is 508 g/mol. The van der Waals surface area contributed by atoms with E-state index >= 15 is 0 Å². The molecule has 0 aliphatic carbocycles. The standard InChI is InChI=1S/C15H17P.C12H10P.ClH.Ni/c1-2-13-16(14-9-5-3-6-10-14)15-11-7-4-8-12-15;1-3-7-11(8-4-1)13-12-9-5-2-6-10-12;;/h3-12H,2,13H2,1H3;1-10H;1H;/q;-1;;+2/p-1. The molecular weight excluding hydrogens is 480 g/mol. The number of halogens is 1. The summed E-state index contributed by atoms with van der Waals surface area (Å²) in [7, 11) is -0.151. The zero-order chi connectivity index (χ0) is 21.0. The Morgan fingerprint density at radius 1 is 0.516 bits per heavy atom. The molecule has 0 saturated carbocycles. The summed E-state index contributed by atoms with van der Waals surface area (Å²) in [6, 6.07) is 42.5. The Morgan fingerprint density at radius 3 is 1.10 bits per heavy atom. The third-order valence-electron chi connectivity index (χ3n) is 4.52. The Hall–Kier alpha value is -1.48. The Balaban J connectivity index is 0.000000215. The zero-order valence-corrected chi connectivity index (χ0v) is 21.1. The van der Waals surface area contributed by atoms with E-state index in [1.807, 2.05) is 36.4 Å². The van der Waals surface area contributed by atoms with Gasteiger partial charge >= 0.3 is 93.0 Å². The van der Waals surface area contributed by atoms with Gasteiger partial charge in [0, 0.05) is 0 Å². The molecule has 0 unspecified atom stereocenters. The summed E-state index contributed by atoms with van der Waals surface area (Å²) >= 11 is 5.21. The van der Waals surface area contributed by atoms with Crippen LogP contribution >= 0.6 is 14.6 Å². The summed E-state index contributed by atoms with van der Waals surface area (Å²) in [6.07, 6.45) is 2.53. The summed E-state index contributed by atoms with van der Waals surface area (Å²) < 4.78 is 0. The van der Waals surface area contributed by atoms with Crippen molar-refractivity contribution in [3.05, 3.63) is 121 Å². The topological polar surface area (TPSA) is 0 Å². The van der Waals surface area contributed by atoms with Gasteiger partial charge in [0.05, 0.1) is 0 Å². The van der Waals surface area contributed by atoms with Crippen LogP contribution in [0, 0.1) is 0 Å². The van der Waals surface area contributed by atoms with Gasteiger partial charge in [0.1, 0.15) is 0 Å². The maximum atomic E-state index is 5.21. The summed E-state index contributed by atoms with van der Waals surface area (Å²) in [6.45, 7) is 1.72. The molecule has 4 aromatic rings.